The number of halogens is 1. The second kappa shape index (κ2) is 10.1. The summed E-state index contributed by atoms with van der Waals surface area (Å²) in [6.07, 6.45) is 2.54. The number of ether oxygens (including phenoxy) is 3. The van der Waals surface area contributed by atoms with Crippen LogP contribution in [0.5, 0.6) is 11.5 Å². The first-order chi connectivity index (χ1) is 15.3. The Balaban J connectivity index is 2.08. The van der Waals surface area contributed by atoms with E-state index in [9.17, 15) is 9.59 Å². The number of aryl methyl sites for hydroxylation is 1. The number of hydrogen-bond donors (Lipinski definition) is 0. The fourth-order valence-electron chi connectivity index (χ4n) is 3.31. The third-order valence-corrected chi connectivity index (χ3v) is 6.00. The smallest absolute Gasteiger partial charge is 0.325 e. The number of anilines is 1. The van der Waals surface area contributed by atoms with Gasteiger partial charge in [0.2, 0.25) is 0 Å². The van der Waals surface area contributed by atoms with Gasteiger partial charge >= 0.3 is 5.97 Å². The minimum atomic E-state index is -0.511. The first-order valence-corrected chi connectivity index (χ1v) is 11.0. The van der Waals surface area contributed by atoms with Gasteiger partial charge < -0.3 is 19.1 Å². The number of carbonyl (C=O) groups is 2. The number of esters is 1. The molecule has 9 heteroatoms. The van der Waals surface area contributed by atoms with Crippen molar-refractivity contribution >= 4 is 56.9 Å². The van der Waals surface area contributed by atoms with Gasteiger partial charge in [0.05, 0.1) is 31.5 Å². The molecular weight excluding hydrogens is 496 g/mol. The number of methoxy groups -OCH3 is 3. The molecule has 0 spiro atoms. The van der Waals surface area contributed by atoms with Crippen LogP contribution in [0.1, 0.15) is 18.1 Å². The highest BCUT2D eigenvalue weighted by atomic mass is 79.9. The zero-order valence-electron chi connectivity index (χ0n) is 18.2. The number of carbonyl (C=O) groups excluding carboxylic acids is 2. The summed E-state index contributed by atoms with van der Waals surface area (Å²) < 4.78 is 16.2. The predicted molar refractivity (Wildman–Crippen MR) is 130 cm³/mol. The Morgan fingerprint density at radius 2 is 1.81 bits per heavy atom. The Bertz CT molecular complexity index is 1080. The topological polar surface area (TPSA) is 68.3 Å². The predicted octanol–water partition coefficient (Wildman–Crippen LogP) is 4.18. The minimum absolute atomic E-state index is 0.190. The second-order valence-corrected chi connectivity index (χ2v) is 8.09. The van der Waals surface area contributed by atoms with Gasteiger partial charge in [0.1, 0.15) is 12.2 Å². The van der Waals surface area contributed by atoms with E-state index >= 15 is 0 Å². The molecule has 0 aliphatic carbocycles. The number of rotatable bonds is 7. The van der Waals surface area contributed by atoms with E-state index in [4.69, 9.17) is 26.4 Å². The van der Waals surface area contributed by atoms with Gasteiger partial charge in [0.25, 0.3) is 5.91 Å². The van der Waals surface area contributed by atoms with Gasteiger partial charge in [-0.15, -0.1) is 0 Å². The van der Waals surface area contributed by atoms with Crippen LogP contribution in [0.2, 0.25) is 0 Å². The standard InChI is InChI=1S/C23H23BrN2O5S/c1-5-14-6-8-16(9-7-14)26-22(28)18(25(23(26)32)13-20(27)30-3)11-15-10-17(24)21(31-4)19(12-15)29-2/h6-12H,5,13H2,1-4H3/b18-11-. The minimum Gasteiger partial charge on any atom is -0.493 e. The molecule has 1 heterocycles. The lowest BCUT2D eigenvalue weighted by atomic mass is 10.1. The molecule has 3 rings (SSSR count). The summed E-state index contributed by atoms with van der Waals surface area (Å²) in [7, 11) is 4.36. The quantitative estimate of drug-likeness (QED) is 0.309. The van der Waals surface area contributed by atoms with Crippen LogP contribution in [0, 0.1) is 0 Å². The van der Waals surface area contributed by atoms with E-state index in [0.717, 1.165) is 12.0 Å². The van der Waals surface area contributed by atoms with Gasteiger partial charge in [-0.2, -0.15) is 0 Å². The molecule has 168 valence electrons. The molecule has 1 fully saturated rings. The molecule has 2 aromatic rings. The summed E-state index contributed by atoms with van der Waals surface area (Å²) in [5.74, 6) is 0.178. The highest BCUT2D eigenvalue weighted by molar-refractivity contribution is 9.10. The van der Waals surface area contributed by atoms with Crippen molar-refractivity contribution in [2.45, 2.75) is 13.3 Å². The van der Waals surface area contributed by atoms with Crippen LogP contribution in [-0.2, 0) is 20.7 Å². The molecule has 0 saturated carbocycles. The van der Waals surface area contributed by atoms with E-state index in [1.165, 1.54) is 24.0 Å². The summed E-state index contributed by atoms with van der Waals surface area (Å²) in [5.41, 5.74) is 2.69. The van der Waals surface area contributed by atoms with Crippen LogP contribution < -0.4 is 14.4 Å². The van der Waals surface area contributed by atoms with Crippen molar-refractivity contribution in [3.63, 3.8) is 0 Å². The van der Waals surface area contributed by atoms with Crippen LogP contribution in [0.4, 0.5) is 5.69 Å². The fraction of sp³-hybridized carbons (Fsp3) is 0.261. The Morgan fingerprint density at radius 3 is 2.38 bits per heavy atom. The van der Waals surface area contributed by atoms with Gasteiger partial charge in [-0.25, -0.2) is 0 Å². The molecule has 2 aromatic carbocycles. The van der Waals surface area contributed by atoms with Gasteiger partial charge in [0, 0.05) is 0 Å². The first-order valence-electron chi connectivity index (χ1n) is 9.79. The maximum absolute atomic E-state index is 13.4. The molecule has 0 N–H and O–H groups in total. The van der Waals surface area contributed by atoms with Gasteiger partial charge in [-0.1, -0.05) is 19.1 Å². The number of thiocarbonyl (C=S) groups is 1. The molecule has 0 aromatic heterocycles. The molecule has 1 aliphatic rings. The lowest BCUT2D eigenvalue weighted by Gasteiger charge is -2.19. The summed E-state index contributed by atoms with van der Waals surface area (Å²) in [6.45, 7) is 1.87. The van der Waals surface area contributed by atoms with E-state index in [2.05, 4.69) is 22.9 Å². The van der Waals surface area contributed by atoms with E-state index in [1.807, 2.05) is 24.3 Å². The van der Waals surface area contributed by atoms with Gasteiger partial charge in [-0.3, -0.25) is 14.5 Å². The number of hydrogen-bond acceptors (Lipinski definition) is 6. The average molecular weight is 519 g/mol. The summed E-state index contributed by atoms with van der Waals surface area (Å²) in [5, 5.41) is 0.204. The molecule has 0 bridgehead atoms. The van der Waals surface area contributed by atoms with Crippen molar-refractivity contribution in [1.82, 2.24) is 4.90 Å². The highest BCUT2D eigenvalue weighted by Crippen LogP contribution is 2.38. The number of benzene rings is 2. The summed E-state index contributed by atoms with van der Waals surface area (Å²) >= 11 is 9.05. The van der Waals surface area contributed by atoms with E-state index in [0.29, 0.717) is 27.2 Å². The molecule has 0 unspecified atom stereocenters. The van der Waals surface area contributed by atoms with Crippen molar-refractivity contribution in [3.05, 3.63) is 57.7 Å². The molecule has 0 atom stereocenters. The maximum atomic E-state index is 13.4. The normalized spacial score (nSPS) is 14.8. The molecule has 1 aliphatic heterocycles. The third-order valence-electron chi connectivity index (χ3n) is 5.01. The average Bonchev–Trinajstić information content (AvgIpc) is 3.02. The number of amides is 1. The highest BCUT2D eigenvalue weighted by Gasteiger charge is 2.40. The van der Waals surface area contributed by atoms with Crippen molar-refractivity contribution in [3.8, 4) is 11.5 Å². The van der Waals surface area contributed by atoms with E-state index in [-0.39, 0.29) is 23.3 Å². The van der Waals surface area contributed by atoms with Crippen LogP contribution in [-0.4, -0.2) is 49.8 Å². The third kappa shape index (κ3) is 4.63. The molecular formula is C23H23BrN2O5S. The Morgan fingerprint density at radius 1 is 1.12 bits per heavy atom. The van der Waals surface area contributed by atoms with Crippen LogP contribution in [0.3, 0.4) is 0 Å². The SMILES string of the molecule is CCc1ccc(N2C(=O)/C(=C/c3cc(Br)c(OC)c(OC)c3)N(CC(=O)OC)C2=S)cc1. The lowest BCUT2D eigenvalue weighted by Crippen LogP contribution is -2.35. The van der Waals surface area contributed by atoms with E-state index in [1.54, 1.807) is 25.3 Å². The summed E-state index contributed by atoms with van der Waals surface area (Å²) in [4.78, 5) is 28.4. The fourth-order valence-corrected chi connectivity index (χ4v) is 4.29. The second-order valence-electron chi connectivity index (χ2n) is 6.87. The molecule has 1 saturated heterocycles. The van der Waals surface area contributed by atoms with Crippen molar-refractivity contribution in [2.75, 3.05) is 32.8 Å². The van der Waals surface area contributed by atoms with Crippen LogP contribution >= 0.6 is 28.1 Å². The van der Waals surface area contributed by atoms with Crippen molar-refractivity contribution in [1.29, 1.82) is 0 Å². The first kappa shape index (κ1) is 23.7. The molecule has 0 radical (unpaired) electrons. The monoisotopic (exact) mass is 518 g/mol. The summed E-state index contributed by atoms with van der Waals surface area (Å²) in [6, 6.07) is 11.1. The Kier molecular flexibility index (Phi) is 7.52. The van der Waals surface area contributed by atoms with Crippen LogP contribution in [0.15, 0.2) is 46.6 Å². The van der Waals surface area contributed by atoms with Crippen molar-refractivity contribution in [2.24, 2.45) is 0 Å². The number of nitrogens with zero attached hydrogens (tertiary/aromatic N) is 2. The Labute approximate surface area is 200 Å². The van der Waals surface area contributed by atoms with E-state index < -0.39 is 5.97 Å². The van der Waals surface area contributed by atoms with Gasteiger partial charge in [-0.05, 0) is 76.0 Å². The largest absolute Gasteiger partial charge is 0.493 e. The molecule has 7 nitrogen and oxygen atoms in total. The van der Waals surface area contributed by atoms with Crippen LogP contribution in [0.25, 0.3) is 6.08 Å². The maximum Gasteiger partial charge on any atom is 0.325 e. The zero-order valence-corrected chi connectivity index (χ0v) is 20.6. The Hall–Kier alpha value is -2.91. The van der Waals surface area contributed by atoms with Crippen molar-refractivity contribution < 1.29 is 23.8 Å². The molecule has 32 heavy (non-hydrogen) atoms. The molecule has 1 amide bonds. The van der Waals surface area contributed by atoms with Gasteiger partial charge in [0.15, 0.2) is 16.6 Å². The lowest BCUT2D eigenvalue weighted by molar-refractivity contribution is -0.140. The zero-order chi connectivity index (χ0) is 23.4.